The standard InChI is InChI=1S/C18H16N2O2S/c21-17(11-12-22-15-9-5-2-6-10-15)20-18-19-13-16(23-18)14-7-3-1-4-8-14/h1-10,13H,11-12H2,(H,19,20,21). The Balaban J connectivity index is 1.49. The Morgan fingerprint density at radius 1 is 1.04 bits per heavy atom. The molecule has 1 amide bonds. The number of hydrogen-bond acceptors (Lipinski definition) is 4. The van der Waals surface area contributed by atoms with E-state index in [1.165, 1.54) is 11.3 Å². The minimum absolute atomic E-state index is 0.102. The molecule has 0 bridgehead atoms. The maximum absolute atomic E-state index is 11.9. The molecule has 1 heterocycles. The summed E-state index contributed by atoms with van der Waals surface area (Å²) in [7, 11) is 0. The highest BCUT2D eigenvalue weighted by Crippen LogP contribution is 2.28. The molecule has 23 heavy (non-hydrogen) atoms. The van der Waals surface area contributed by atoms with Crippen molar-refractivity contribution in [3.63, 3.8) is 0 Å². The van der Waals surface area contributed by atoms with Crippen LogP contribution < -0.4 is 10.1 Å². The second kappa shape index (κ2) is 7.56. The molecular formula is C18H16N2O2S. The molecule has 5 heteroatoms. The van der Waals surface area contributed by atoms with Crippen molar-refractivity contribution in [2.75, 3.05) is 11.9 Å². The summed E-state index contributed by atoms with van der Waals surface area (Å²) in [5, 5.41) is 3.41. The van der Waals surface area contributed by atoms with E-state index in [1.54, 1.807) is 6.20 Å². The molecule has 1 aromatic heterocycles. The second-order valence-corrected chi connectivity index (χ2v) is 5.89. The Hall–Kier alpha value is -2.66. The highest BCUT2D eigenvalue weighted by Gasteiger charge is 2.08. The third-order valence-electron chi connectivity index (χ3n) is 3.15. The number of anilines is 1. The number of thiazole rings is 1. The number of nitrogens with one attached hydrogen (secondary N) is 1. The topological polar surface area (TPSA) is 51.2 Å². The molecule has 1 N–H and O–H groups in total. The molecule has 0 radical (unpaired) electrons. The average molecular weight is 324 g/mol. The fourth-order valence-electron chi connectivity index (χ4n) is 2.03. The third kappa shape index (κ3) is 4.40. The zero-order valence-corrected chi connectivity index (χ0v) is 13.3. The monoisotopic (exact) mass is 324 g/mol. The van der Waals surface area contributed by atoms with E-state index in [-0.39, 0.29) is 12.3 Å². The number of amides is 1. The zero-order valence-electron chi connectivity index (χ0n) is 12.4. The molecular weight excluding hydrogens is 308 g/mol. The molecule has 0 saturated carbocycles. The molecule has 0 aliphatic rings. The van der Waals surface area contributed by atoms with E-state index < -0.39 is 0 Å². The molecule has 0 unspecified atom stereocenters. The van der Waals surface area contributed by atoms with Crippen LogP contribution in [0.25, 0.3) is 10.4 Å². The maximum atomic E-state index is 11.9. The quantitative estimate of drug-likeness (QED) is 0.738. The minimum Gasteiger partial charge on any atom is -0.493 e. The number of ether oxygens (including phenoxy) is 1. The summed E-state index contributed by atoms with van der Waals surface area (Å²) in [6, 6.07) is 19.4. The third-order valence-corrected chi connectivity index (χ3v) is 4.11. The van der Waals surface area contributed by atoms with Gasteiger partial charge in [-0.25, -0.2) is 4.98 Å². The summed E-state index contributed by atoms with van der Waals surface area (Å²) in [4.78, 5) is 17.2. The van der Waals surface area contributed by atoms with Crippen LogP contribution >= 0.6 is 11.3 Å². The van der Waals surface area contributed by atoms with Gasteiger partial charge in [0.15, 0.2) is 5.13 Å². The Labute approximate surface area is 138 Å². The molecule has 116 valence electrons. The van der Waals surface area contributed by atoms with Crippen LogP contribution in [0.15, 0.2) is 66.9 Å². The Bertz CT molecular complexity index is 757. The first-order valence-electron chi connectivity index (χ1n) is 7.30. The molecule has 0 saturated heterocycles. The number of para-hydroxylation sites is 1. The minimum atomic E-state index is -0.102. The van der Waals surface area contributed by atoms with Gasteiger partial charge < -0.3 is 10.1 Å². The van der Waals surface area contributed by atoms with Gasteiger partial charge in [-0.3, -0.25) is 4.79 Å². The summed E-state index contributed by atoms with van der Waals surface area (Å²) in [5.41, 5.74) is 1.10. The van der Waals surface area contributed by atoms with Crippen LogP contribution in [0.2, 0.25) is 0 Å². The number of carbonyl (C=O) groups is 1. The van der Waals surface area contributed by atoms with Gasteiger partial charge in [0.2, 0.25) is 5.91 Å². The van der Waals surface area contributed by atoms with Crippen molar-refractivity contribution in [3.05, 3.63) is 66.9 Å². The lowest BCUT2D eigenvalue weighted by molar-refractivity contribution is -0.116. The van der Waals surface area contributed by atoms with Crippen molar-refractivity contribution in [1.82, 2.24) is 4.98 Å². The number of aromatic nitrogens is 1. The van der Waals surface area contributed by atoms with E-state index in [2.05, 4.69) is 10.3 Å². The van der Waals surface area contributed by atoms with Gasteiger partial charge in [-0.2, -0.15) is 0 Å². The number of benzene rings is 2. The van der Waals surface area contributed by atoms with E-state index in [0.29, 0.717) is 11.7 Å². The van der Waals surface area contributed by atoms with Crippen LogP contribution in [-0.2, 0) is 4.79 Å². The molecule has 3 aromatic rings. The smallest absolute Gasteiger partial charge is 0.229 e. The Morgan fingerprint density at radius 3 is 2.48 bits per heavy atom. The fraction of sp³-hybridized carbons (Fsp3) is 0.111. The van der Waals surface area contributed by atoms with Crippen LogP contribution in [-0.4, -0.2) is 17.5 Å². The van der Waals surface area contributed by atoms with E-state index in [9.17, 15) is 4.79 Å². The van der Waals surface area contributed by atoms with Crippen LogP contribution in [0.5, 0.6) is 5.75 Å². The lowest BCUT2D eigenvalue weighted by Gasteiger charge is -2.05. The summed E-state index contributed by atoms with van der Waals surface area (Å²) < 4.78 is 5.51. The Kier molecular flexibility index (Phi) is 5.01. The molecule has 0 spiro atoms. The molecule has 0 aliphatic carbocycles. The molecule has 0 fully saturated rings. The first-order chi connectivity index (χ1) is 11.3. The molecule has 2 aromatic carbocycles. The highest BCUT2D eigenvalue weighted by molar-refractivity contribution is 7.19. The van der Waals surface area contributed by atoms with Gasteiger partial charge in [0, 0.05) is 6.20 Å². The molecule has 0 aliphatic heterocycles. The lowest BCUT2D eigenvalue weighted by atomic mass is 10.2. The summed E-state index contributed by atoms with van der Waals surface area (Å²) >= 11 is 1.46. The van der Waals surface area contributed by atoms with Gasteiger partial charge in [-0.05, 0) is 17.7 Å². The van der Waals surface area contributed by atoms with Crippen molar-refractivity contribution >= 4 is 22.4 Å². The summed E-state index contributed by atoms with van der Waals surface area (Å²) in [6.45, 7) is 0.340. The lowest BCUT2D eigenvalue weighted by Crippen LogP contribution is -2.14. The van der Waals surface area contributed by atoms with E-state index in [1.807, 2.05) is 60.7 Å². The SMILES string of the molecule is O=C(CCOc1ccccc1)Nc1ncc(-c2ccccc2)s1. The molecule has 0 atom stereocenters. The van der Waals surface area contributed by atoms with E-state index in [0.717, 1.165) is 16.2 Å². The summed E-state index contributed by atoms with van der Waals surface area (Å²) in [5.74, 6) is 0.663. The fourth-order valence-corrected chi connectivity index (χ4v) is 2.87. The van der Waals surface area contributed by atoms with Crippen molar-refractivity contribution in [3.8, 4) is 16.2 Å². The van der Waals surface area contributed by atoms with Gasteiger partial charge >= 0.3 is 0 Å². The second-order valence-electron chi connectivity index (χ2n) is 4.86. The van der Waals surface area contributed by atoms with Crippen molar-refractivity contribution in [1.29, 1.82) is 0 Å². The average Bonchev–Trinajstić information content (AvgIpc) is 3.05. The summed E-state index contributed by atoms with van der Waals surface area (Å²) in [6.07, 6.45) is 2.06. The van der Waals surface area contributed by atoms with Gasteiger partial charge in [0.05, 0.1) is 17.9 Å². The van der Waals surface area contributed by atoms with Crippen molar-refractivity contribution in [2.45, 2.75) is 6.42 Å². The number of hydrogen-bond donors (Lipinski definition) is 1. The zero-order chi connectivity index (χ0) is 15.9. The first kappa shape index (κ1) is 15.2. The Morgan fingerprint density at radius 2 is 1.74 bits per heavy atom. The number of rotatable bonds is 6. The highest BCUT2D eigenvalue weighted by atomic mass is 32.1. The van der Waals surface area contributed by atoms with Crippen LogP contribution in [0.3, 0.4) is 0 Å². The van der Waals surface area contributed by atoms with E-state index >= 15 is 0 Å². The van der Waals surface area contributed by atoms with E-state index in [4.69, 9.17) is 4.74 Å². The van der Waals surface area contributed by atoms with Gasteiger partial charge in [0.1, 0.15) is 5.75 Å². The van der Waals surface area contributed by atoms with Gasteiger partial charge in [-0.15, -0.1) is 0 Å². The predicted octanol–water partition coefficient (Wildman–Crippen LogP) is 4.22. The maximum Gasteiger partial charge on any atom is 0.229 e. The van der Waals surface area contributed by atoms with Crippen molar-refractivity contribution < 1.29 is 9.53 Å². The largest absolute Gasteiger partial charge is 0.493 e. The first-order valence-corrected chi connectivity index (χ1v) is 8.12. The number of carbonyl (C=O) groups excluding carboxylic acids is 1. The normalized spacial score (nSPS) is 10.3. The van der Waals surface area contributed by atoms with Crippen LogP contribution in [0.1, 0.15) is 6.42 Å². The van der Waals surface area contributed by atoms with Gasteiger partial charge in [-0.1, -0.05) is 59.9 Å². The molecule has 4 nitrogen and oxygen atoms in total. The number of nitrogens with zero attached hydrogens (tertiary/aromatic N) is 1. The van der Waals surface area contributed by atoms with Gasteiger partial charge in [0.25, 0.3) is 0 Å². The van der Waals surface area contributed by atoms with Crippen molar-refractivity contribution in [2.24, 2.45) is 0 Å². The molecule has 3 rings (SSSR count). The predicted molar refractivity (Wildman–Crippen MR) is 92.7 cm³/mol. The van der Waals surface area contributed by atoms with Crippen LogP contribution in [0.4, 0.5) is 5.13 Å². The van der Waals surface area contributed by atoms with Crippen LogP contribution in [0, 0.1) is 0 Å².